The van der Waals surface area contributed by atoms with Crippen LogP contribution in [0, 0.1) is 5.92 Å². The number of aromatic nitrogens is 1. The highest BCUT2D eigenvalue weighted by Crippen LogP contribution is 2.31. The van der Waals surface area contributed by atoms with Gasteiger partial charge in [0.25, 0.3) is 15.9 Å². The molecule has 2 aromatic carbocycles. The van der Waals surface area contributed by atoms with Gasteiger partial charge in [0.15, 0.2) is 0 Å². The maximum atomic E-state index is 13.1. The van der Waals surface area contributed by atoms with Crippen LogP contribution in [-0.2, 0) is 16.2 Å². The molecule has 1 aliphatic carbocycles. The fourth-order valence-electron chi connectivity index (χ4n) is 4.28. The molecule has 0 bridgehead atoms. The summed E-state index contributed by atoms with van der Waals surface area (Å²) in [4.78, 5) is 28.4. The third-order valence-electron chi connectivity index (χ3n) is 6.28. The van der Waals surface area contributed by atoms with Crippen molar-refractivity contribution in [2.24, 2.45) is 5.92 Å². The van der Waals surface area contributed by atoms with Crippen LogP contribution in [-0.4, -0.2) is 25.4 Å². The summed E-state index contributed by atoms with van der Waals surface area (Å²) in [6.45, 7) is 2.04. The van der Waals surface area contributed by atoms with E-state index < -0.39 is 33.1 Å². The van der Waals surface area contributed by atoms with Crippen LogP contribution in [0.2, 0.25) is 0 Å². The van der Waals surface area contributed by atoms with Crippen molar-refractivity contribution in [2.75, 3.05) is 4.72 Å². The van der Waals surface area contributed by atoms with Crippen molar-refractivity contribution in [1.29, 1.82) is 0 Å². The topological polar surface area (TPSA) is 108 Å². The van der Waals surface area contributed by atoms with Gasteiger partial charge in [0, 0.05) is 28.8 Å². The number of sulfonamides is 1. The summed E-state index contributed by atoms with van der Waals surface area (Å²) >= 11 is 0. The van der Waals surface area contributed by atoms with Crippen LogP contribution in [0.15, 0.2) is 58.4 Å². The molecule has 0 aliphatic heterocycles. The van der Waals surface area contributed by atoms with E-state index in [1.54, 1.807) is 0 Å². The first-order valence-electron chi connectivity index (χ1n) is 11.1. The molecule has 1 fully saturated rings. The van der Waals surface area contributed by atoms with Crippen molar-refractivity contribution in [3.05, 3.63) is 70.0 Å². The van der Waals surface area contributed by atoms with Crippen LogP contribution in [0.25, 0.3) is 10.9 Å². The molecule has 35 heavy (non-hydrogen) atoms. The Morgan fingerprint density at radius 2 is 1.83 bits per heavy atom. The molecule has 186 valence electrons. The predicted octanol–water partition coefficient (Wildman–Crippen LogP) is 4.66. The molecule has 1 heterocycles. The van der Waals surface area contributed by atoms with E-state index in [9.17, 15) is 31.2 Å². The Bertz CT molecular complexity index is 1430. The van der Waals surface area contributed by atoms with Crippen molar-refractivity contribution in [3.8, 4) is 0 Å². The lowest BCUT2D eigenvalue weighted by molar-refractivity contribution is -0.137. The molecule has 1 saturated carbocycles. The van der Waals surface area contributed by atoms with E-state index in [0.717, 1.165) is 43.9 Å². The minimum atomic E-state index is -4.63. The SMILES string of the molecule is C[C@H]1CCCC[C@H]1NC(=O)c1c[nH]c2ccc(S(=O)(=O)Nc3cccc(C(F)(F)F)c3)cc2c1=O. The molecule has 0 unspecified atom stereocenters. The highest BCUT2D eigenvalue weighted by molar-refractivity contribution is 7.92. The lowest BCUT2D eigenvalue weighted by atomic mass is 9.86. The number of H-pyrrole nitrogens is 1. The van der Waals surface area contributed by atoms with Gasteiger partial charge in [-0.05, 0) is 55.2 Å². The van der Waals surface area contributed by atoms with Gasteiger partial charge in [0.1, 0.15) is 5.56 Å². The first-order chi connectivity index (χ1) is 16.5. The second kappa shape index (κ2) is 9.37. The number of carbonyl (C=O) groups excluding carboxylic acids is 1. The molecular formula is C24H24F3N3O4S. The molecule has 1 aromatic heterocycles. The van der Waals surface area contributed by atoms with E-state index in [4.69, 9.17) is 0 Å². The molecule has 0 spiro atoms. The first-order valence-corrected chi connectivity index (χ1v) is 12.6. The maximum absolute atomic E-state index is 13.1. The first kappa shape index (κ1) is 24.8. The molecule has 3 aromatic rings. The monoisotopic (exact) mass is 507 g/mol. The molecule has 3 N–H and O–H groups in total. The van der Waals surface area contributed by atoms with Gasteiger partial charge in [-0.25, -0.2) is 8.42 Å². The van der Waals surface area contributed by atoms with Crippen molar-refractivity contribution in [2.45, 2.75) is 49.7 Å². The van der Waals surface area contributed by atoms with E-state index in [1.807, 2.05) is 6.92 Å². The van der Waals surface area contributed by atoms with Crippen molar-refractivity contribution in [3.63, 3.8) is 0 Å². The number of hydrogen-bond donors (Lipinski definition) is 3. The number of aromatic amines is 1. The van der Waals surface area contributed by atoms with Crippen molar-refractivity contribution >= 4 is 32.5 Å². The summed E-state index contributed by atoms with van der Waals surface area (Å²) in [5.74, 6) is -0.256. The van der Waals surface area contributed by atoms with Crippen LogP contribution in [0.1, 0.15) is 48.5 Å². The van der Waals surface area contributed by atoms with Crippen LogP contribution in [0.3, 0.4) is 0 Å². The van der Waals surface area contributed by atoms with Gasteiger partial charge in [-0.1, -0.05) is 25.8 Å². The Morgan fingerprint density at radius 3 is 2.54 bits per heavy atom. The summed E-state index contributed by atoms with van der Waals surface area (Å²) in [6, 6.07) is 7.42. The molecular weight excluding hydrogens is 483 g/mol. The number of alkyl halides is 3. The summed E-state index contributed by atoms with van der Waals surface area (Å²) in [7, 11) is -4.32. The van der Waals surface area contributed by atoms with E-state index in [-0.39, 0.29) is 33.5 Å². The molecule has 0 radical (unpaired) electrons. The van der Waals surface area contributed by atoms with Crippen LogP contribution < -0.4 is 15.5 Å². The van der Waals surface area contributed by atoms with Crippen LogP contribution in [0.4, 0.5) is 18.9 Å². The minimum Gasteiger partial charge on any atom is -0.360 e. The lowest BCUT2D eigenvalue weighted by Crippen LogP contribution is -2.42. The number of rotatable bonds is 5. The van der Waals surface area contributed by atoms with E-state index in [2.05, 4.69) is 15.0 Å². The quantitative estimate of drug-likeness (QED) is 0.467. The second-order valence-corrected chi connectivity index (χ2v) is 10.4. The largest absolute Gasteiger partial charge is 0.416 e. The Labute approximate surface area is 199 Å². The van der Waals surface area contributed by atoms with Crippen LogP contribution in [0.5, 0.6) is 0 Å². The molecule has 0 saturated heterocycles. The normalized spacial score (nSPS) is 18.9. The molecule has 4 rings (SSSR count). The number of hydrogen-bond acceptors (Lipinski definition) is 4. The lowest BCUT2D eigenvalue weighted by Gasteiger charge is -2.29. The van der Waals surface area contributed by atoms with Crippen molar-refractivity contribution in [1.82, 2.24) is 10.3 Å². The third-order valence-corrected chi connectivity index (χ3v) is 7.66. The minimum absolute atomic E-state index is 0.0266. The zero-order chi connectivity index (χ0) is 25.4. The fourth-order valence-corrected chi connectivity index (χ4v) is 5.36. The standard InChI is InChI=1S/C24H24F3N3O4S/c1-14-5-2-3-8-20(14)29-23(32)19-13-28-21-10-9-17(12-18(21)22(19)31)35(33,34)30-16-7-4-6-15(11-16)24(25,26)27/h4,6-7,9-14,20,30H,2-3,5,8H2,1H3,(H,28,31)(H,29,32)/t14-,20+/m0/s1. The van der Waals surface area contributed by atoms with Gasteiger partial charge < -0.3 is 10.3 Å². The summed E-state index contributed by atoms with van der Waals surface area (Å²) in [5.41, 5.74) is -1.75. The number of anilines is 1. The zero-order valence-electron chi connectivity index (χ0n) is 18.8. The molecule has 1 aliphatic rings. The summed E-state index contributed by atoms with van der Waals surface area (Å²) in [6.07, 6.45) is 0.549. The number of pyridine rings is 1. The Balaban J connectivity index is 1.64. The summed E-state index contributed by atoms with van der Waals surface area (Å²) < 4.78 is 66.7. The zero-order valence-corrected chi connectivity index (χ0v) is 19.6. The van der Waals surface area contributed by atoms with E-state index in [0.29, 0.717) is 11.6 Å². The molecule has 11 heteroatoms. The second-order valence-electron chi connectivity index (χ2n) is 8.76. The number of nitrogens with one attached hydrogen (secondary N) is 3. The highest BCUT2D eigenvalue weighted by atomic mass is 32.2. The van der Waals surface area contributed by atoms with E-state index in [1.165, 1.54) is 24.4 Å². The number of benzene rings is 2. The fraction of sp³-hybridized carbons (Fsp3) is 0.333. The van der Waals surface area contributed by atoms with Gasteiger partial charge in [-0.3, -0.25) is 14.3 Å². The number of carbonyl (C=O) groups is 1. The van der Waals surface area contributed by atoms with Gasteiger partial charge in [0.2, 0.25) is 5.43 Å². The summed E-state index contributed by atoms with van der Waals surface area (Å²) in [5, 5.41) is 2.88. The predicted molar refractivity (Wildman–Crippen MR) is 126 cm³/mol. The molecule has 7 nitrogen and oxygen atoms in total. The van der Waals surface area contributed by atoms with Gasteiger partial charge in [-0.15, -0.1) is 0 Å². The van der Waals surface area contributed by atoms with Crippen LogP contribution >= 0.6 is 0 Å². The van der Waals surface area contributed by atoms with E-state index >= 15 is 0 Å². The Hall–Kier alpha value is -3.34. The average Bonchev–Trinajstić information content (AvgIpc) is 2.80. The number of amides is 1. The Morgan fingerprint density at radius 1 is 1.09 bits per heavy atom. The van der Waals surface area contributed by atoms with Crippen molar-refractivity contribution < 1.29 is 26.4 Å². The third kappa shape index (κ3) is 5.34. The van der Waals surface area contributed by atoms with Gasteiger partial charge in [-0.2, -0.15) is 13.2 Å². The average molecular weight is 508 g/mol. The smallest absolute Gasteiger partial charge is 0.360 e. The Kier molecular flexibility index (Phi) is 6.63. The van der Waals surface area contributed by atoms with Gasteiger partial charge >= 0.3 is 6.18 Å². The molecule has 1 amide bonds. The highest BCUT2D eigenvalue weighted by Gasteiger charge is 2.31. The number of fused-ring (bicyclic) bond motifs is 1. The van der Waals surface area contributed by atoms with Gasteiger partial charge in [0.05, 0.1) is 10.5 Å². The maximum Gasteiger partial charge on any atom is 0.416 e. The molecule has 2 atom stereocenters. The number of halogens is 3.